The Bertz CT molecular complexity index is 689. The first kappa shape index (κ1) is 16.8. The number of anilines is 1. The standard InChI is InChI=1S/C16H15Br2NO3/c1-2-22-15-11(6-12(17)8-14(15)18)9-19-13-5-3-4-10(7-13)16(20)21/h3-8,19H,2,9H2,1H3,(H,20,21). The second-order valence-electron chi connectivity index (χ2n) is 4.55. The summed E-state index contributed by atoms with van der Waals surface area (Å²) in [5.41, 5.74) is 1.98. The Morgan fingerprint density at radius 2 is 2.05 bits per heavy atom. The van der Waals surface area contributed by atoms with E-state index in [0.717, 1.165) is 25.9 Å². The maximum absolute atomic E-state index is 11.0. The fourth-order valence-electron chi connectivity index (χ4n) is 2.01. The Kier molecular flexibility index (Phi) is 5.85. The van der Waals surface area contributed by atoms with Crippen LogP contribution in [0.5, 0.6) is 5.75 Å². The minimum absolute atomic E-state index is 0.255. The predicted molar refractivity (Wildman–Crippen MR) is 93.7 cm³/mol. The highest BCUT2D eigenvalue weighted by Crippen LogP contribution is 2.33. The summed E-state index contributed by atoms with van der Waals surface area (Å²) in [5, 5.41) is 12.2. The topological polar surface area (TPSA) is 58.6 Å². The van der Waals surface area contributed by atoms with Crippen LogP contribution in [0.4, 0.5) is 5.69 Å². The number of rotatable bonds is 6. The average molecular weight is 429 g/mol. The van der Waals surface area contributed by atoms with Gasteiger partial charge in [-0.05, 0) is 53.2 Å². The zero-order valence-electron chi connectivity index (χ0n) is 11.9. The van der Waals surface area contributed by atoms with Gasteiger partial charge in [0.05, 0.1) is 16.6 Å². The van der Waals surface area contributed by atoms with Crippen molar-refractivity contribution in [3.8, 4) is 5.75 Å². The first-order valence-corrected chi connectivity index (χ1v) is 8.27. The fourth-order valence-corrected chi connectivity index (χ4v) is 3.44. The number of ether oxygens (including phenoxy) is 1. The van der Waals surface area contributed by atoms with Gasteiger partial charge in [-0.1, -0.05) is 22.0 Å². The number of carbonyl (C=O) groups is 1. The van der Waals surface area contributed by atoms with Gasteiger partial charge in [0.15, 0.2) is 0 Å². The minimum atomic E-state index is -0.941. The van der Waals surface area contributed by atoms with Crippen LogP contribution in [0.3, 0.4) is 0 Å². The van der Waals surface area contributed by atoms with Gasteiger partial charge >= 0.3 is 5.97 Å². The molecule has 0 unspecified atom stereocenters. The van der Waals surface area contributed by atoms with Crippen LogP contribution in [0.2, 0.25) is 0 Å². The van der Waals surface area contributed by atoms with E-state index in [2.05, 4.69) is 37.2 Å². The molecular weight excluding hydrogens is 414 g/mol. The third-order valence-corrected chi connectivity index (χ3v) is 4.01. The van der Waals surface area contributed by atoms with E-state index < -0.39 is 5.97 Å². The summed E-state index contributed by atoms with van der Waals surface area (Å²) in [4.78, 5) is 11.0. The summed E-state index contributed by atoms with van der Waals surface area (Å²) >= 11 is 6.96. The molecule has 2 aromatic rings. The van der Waals surface area contributed by atoms with Gasteiger partial charge in [-0.25, -0.2) is 4.79 Å². The summed E-state index contributed by atoms with van der Waals surface area (Å²) in [5.74, 6) is -0.156. The number of halogens is 2. The highest BCUT2D eigenvalue weighted by atomic mass is 79.9. The molecule has 0 bridgehead atoms. The number of hydrogen-bond donors (Lipinski definition) is 2. The molecule has 116 valence electrons. The van der Waals surface area contributed by atoms with Crippen molar-refractivity contribution in [2.45, 2.75) is 13.5 Å². The van der Waals surface area contributed by atoms with Crippen LogP contribution in [-0.4, -0.2) is 17.7 Å². The summed E-state index contributed by atoms with van der Waals surface area (Å²) < 4.78 is 7.49. The molecule has 2 aromatic carbocycles. The minimum Gasteiger partial charge on any atom is -0.492 e. The van der Waals surface area contributed by atoms with Gasteiger partial charge in [0.25, 0.3) is 0 Å². The first-order chi connectivity index (χ1) is 10.5. The summed E-state index contributed by atoms with van der Waals surface area (Å²) in [6, 6.07) is 10.6. The van der Waals surface area contributed by atoms with Crippen LogP contribution in [0.1, 0.15) is 22.8 Å². The van der Waals surface area contributed by atoms with Crippen molar-refractivity contribution < 1.29 is 14.6 Å². The molecule has 22 heavy (non-hydrogen) atoms. The molecule has 2 rings (SSSR count). The van der Waals surface area contributed by atoms with Gasteiger partial charge in [-0.3, -0.25) is 0 Å². The molecule has 0 saturated carbocycles. The Morgan fingerprint density at radius 1 is 1.27 bits per heavy atom. The van der Waals surface area contributed by atoms with Gasteiger partial charge in [-0.15, -0.1) is 0 Å². The Morgan fingerprint density at radius 3 is 2.73 bits per heavy atom. The van der Waals surface area contributed by atoms with Gasteiger partial charge in [0.2, 0.25) is 0 Å². The fraction of sp³-hybridized carbons (Fsp3) is 0.188. The van der Waals surface area contributed by atoms with Crippen LogP contribution >= 0.6 is 31.9 Å². The zero-order valence-corrected chi connectivity index (χ0v) is 15.1. The van der Waals surface area contributed by atoms with E-state index >= 15 is 0 Å². The van der Waals surface area contributed by atoms with Crippen molar-refractivity contribution in [1.29, 1.82) is 0 Å². The van der Waals surface area contributed by atoms with E-state index in [0.29, 0.717) is 13.2 Å². The highest BCUT2D eigenvalue weighted by molar-refractivity contribution is 9.11. The summed E-state index contributed by atoms with van der Waals surface area (Å²) in [6.45, 7) is 3.03. The predicted octanol–water partition coefficient (Wildman–Crippen LogP) is 4.92. The number of carboxylic acid groups (broad SMARTS) is 1. The Labute approximate surface area is 145 Å². The zero-order chi connectivity index (χ0) is 16.1. The van der Waals surface area contributed by atoms with Crippen molar-refractivity contribution in [1.82, 2.24) is 0 Å². The van der Waals surface area contributed by atoms with Crippen LogP contribution in [-0.2, 0) is 6.54 Å². The van der Waals surface area contributed by atoms with Crippen molar-refractivity contribution in [3.05, 3.63) is 56.5 Å². The molecule has 0 aliphatic rings. The van der Waals surface area contributed by atoms with Crippen LogP contribution in [0.25, 0.3) is 0 Å². The van der Waals surface area contributed by atoms with Crippen LogP contribution < -0.4 is 10.1 Å². The number of carboxylic acids is 1. The summed E-state index contributed by atoms with van der Waals surface area (Å²) in [7, 11) is 0. The molecule has 0 heterocycles. The molecule has 0 spiro atoms. The number of benzene rings is 2. The van der Waals surface area contributed by atoms with E-state index in [1.807, 2.05) is 25.1 Å². The number of nitrogens with one attached hydrogen (secondary N) is 1. The van der Waals surface area contributed by atoms with Crippen LogP contribution in [0.15, 0.2) is 45.3 Å². The molecule has 0 aliphatic heterocycles. The normalized spacial score (nSPS) is 10.3. The lowest BCUT2D eigenvalue weighted by atomic mass is 10.1. The maximum Gasteiger partial charge on any atom is 0.335 e. The van der Waals surface area contributed by atoms with Crippen molar-refractivity contribution in [3.63, 3.8) is 0 Å². The lowest BCUT2D eigenvalue weighted by molar-refractivity contribution is 0.0697. The number of hydrogen-bond acceptors (Lipinski definition) is 3. The second kappa shape index (κ2) is 7.65. The van der Waals surface area contributed by atoms with Gasteiger partial charge in [-0.2, -0.15) is 0 Å². The molecule has 0 radical (unpaired) electrons. The average Bonchev–Trinajstić information content (AvgIpc) is 2.48. The highest BCUT2D eigenvalue weighted by Gasteiger charge is 2.10. The van der Waals surface area contributed by atoms with Crippen molar-refractivity contribution in [2.24, 2.45) is 0 Å². The van der Waals surface area contributed by atoms with Crippen LogP contribution in [0, 0.1) is 0 Å². The molecular formula is C16H15Br2NO3. The molecule has 0 atom stereocenters. The second-order valence-corrected chi connectivity index (χ2v) is 6.32. The summed E-state index contributed by atoms with van der Waals surface area (Å²) in [6.07, 6.45) is 0. The maximum atomic E-state index is 11.0. The lowest BCUT2D eigenvalue weighted by Gasteiger charge is -2.14. The monoisotopic (exact) mass is 427 g/mol. The van der Waals surface area contributed by atoms with Crippen molar-refractivity contribution >= 4 is 43.5 Å². The lowest BCUT2D eigenvalue weighted by Crippen LogP contribution is -2.05. The van der Waals surface area contributed by atoms with Gasteiger partial charge in [0, 0.05) is 22.3 Å². The Hall–Kier alpha value is -1.53. The third kappa shape index (κ3) is 4.24. The van der Waals surface area contributed by atoms with Gasteiger partial charge < -0.3 is 15.2 Å². The van der Waals surface area contributed by atoms with E-state index in [1.165, 1.54) is 0 Å². The first-order valence-electron chi connectivity index (χ1n) is 6.69. The number of aromatic carboxylic acids is 1. The molecule has 0 saturated heterocycles. The smallest absolute Gasteiger partial charge is 0.335 e. The quantitative estimate of drug-likeness (QED) is 0.685. The van der Waals surface area contributed by atoms with Crippen molar-refractivity contribution in [2.75, 3.05) is 11.9 Å². The third-order valence-electron chi connectivity index (χ3n) is 2.97. The van der Waals surface area contributed by atoms with E-state index in [1.54, 1.807) is 18.2 Å². The molecule has 0 fully saturated rings. The van der Waals surface area contributed by atoms with E-state index in [9.17, 15) is 4.79 Å². The molecule has 0 aliphatic carbocycles. The SMILES string of the molecule is CCOc1c(Br)cc(Br)cc1CNc1cccc(C(=O)O)c1. The van der Waals surface area contributed by atoms with E-state index in [-0.39, 0.29) is 5.56 Å². The molecule has 2 N–H and O–H groups in total. The van der Waals surface area contributed by atoms with E-state index in [4.69, 9.17) is 9.84 Å². The molecule has 4 nitrogen and oxygen atoms in total. The van der Waals surface area contributed by atoms with Gasteiger partial charge in [0.1, 0.15) is 5.75 Å². The molecule has 0 amide bonds. The molecule has 0 aromatic heterocycles. The Balaban J connectivity index is 2.21. The largest absolute Gasteiger partial charge is 0.492 e. The molecule has 6 heteroatoms.